The highest BCUT2D eigenvalue weighted by atomic mass is 16.3. The number of hydrogen-bond acceptors (Lipinski definition) is 3. The van der Waals surface area contributed by atoms with Crippen LogP contribution in [0.5, 0.6) is 0 Å². The van der Waals surface area contributed by atoms with Gasteiger partial charge in [0, 0.05) is 0 Å². The van der Waals surface area contributed by atoms with Crippen LogP contribution in [0, 0.1) is 11.8 Å². The fraction of sp³-hybridized carbons (Fsp3) is 0.733. The molecule has 0 saturated carbocycles. The minimum Gasteiger partial charge on any atom is -0.463 e. The average molecular weight is 250 g/mol. The highest BCUT2D eigenvalue weighted by molar-refractivity contribution is 5.07. The number of rotatable bonds is 5. The molecule has 0 bridgehead atoms. The van der Waals surface area contributed by atoms with E-state index in [1.54, 1.807) is 0 Å². The third-order valence-electron chi connectivity index (χ3n) is 4.02. The molecule has 18 heavy (non-hydrogen) atoms. The molecule has 102 valence electrons. The maximum Gasteiger partial charge on any atom is 0.118 e. The minimum absolute atomic E-state index is 0.815. The van der Waals surface area contributed by atoms with Crippen molar-refractivity contribution in [3.8, 4) is 0 Å². The molecule has 2 heterocycles. The second-order valence-electron chi connectivity index (χ2n) is 5.76. The number of hydrogen-bond donors (Lipinski definition) is 1. The van der Waals surface area contributed by atoms with Crippen LogP contribution in [-0.4, -0.2) is 25.0 Å². The summed E-state index contributed by atoms with van der Waals surface area (Å²) in [4.78, 5) is 2.51. The lowest BCUT2D eigenvalue weighted by Gasteiger charge is -2.33. The van der Waals surface area contributed by atoms with Crippen molar-refractivity contribution in [3.05, 3.63) is 23.7 Å². The van der Waals surface area contributed by atoms with E-state index in [2.05, 4.69) is 36.2 Å². The number of furan rings is 1. The first-order valence-corrected chi connectivity index (χ1v) is 7.13. The molecule has 1 aliphatic rings. The monoisotopic (exact) mass is 250 g/mol. The molecule has 1 fully saturated rings. The molecule has 0 spiro atoms. The summed E-state index contributed by atoms with van der Waals surface area (Å²) in [5.41, 5.74) is 0. The van der Waals surface area contributed by atoms with Gasteiger partial charge < -0.3 is 9.73 Å². The van der Waals surface area contributed by atoms with Crippen molar-refractivity contribution in [1.29, 1.82) is 0 Å². The second kappa shape index (κ2) is 6.39. The van der Waals surface area contributed by atoms with Gasteiger partial charge in [-0.1, -0.05) is 13.8 Å². The largest absolute Gasteiger partial charge is 0.463 e. The molecule has 0 radical (unpaired) electrons. The summed E-state index contributed by atoms with van der Waals surface area (Å²) in [6.45, 7) is 8.90. The molecule has 1 aliphatic heterocycles. The summed E-state index contributed by atoms with van der Waals surface area (Å²) in [6.07, 6.45) is 2.67. The van der Waals surface area contributed by atoms with Crippen molar-refractivity contribution < 1.29 is 4.42 Å². The normalized spacial score (nSPS) is 18.7. The van der Waals surface area contributed by atoms with E-state index in [0.29, 0.717) is 0 Å². The molecular formula is C15H26N2O. The van der Waals surface area contributed by atoms with Crippen LogP contribution in [0.4, 0.5) is 0 Å². The van der Waals surface area contributed by atoms with E-state index < -0.39 is 0 Å². The van der Waals surface area contributed by atoms with Gasteiger partial charge in [-0.05, 0) is 56.9 Å². The molecule has 0 amide bonds. The van der Waals surface area contributed by atoms with Crippen LogP contribution in [0.15, 0.2) is 16.5 Å². The zero-order valence-corrected chi connectivity index (χ0v) is 11.9. The van der Waals surface area contributed by atoms with E-state index in [1.807, 2.05) is 7.05 Å². The number of nitrogens with one attached hydrogen (secondary N) is 1. The molecule has 1 aromatic rings. The number of piperidine rings is 1. The van der Waals surface area contributed by atoms with Crippen LogP contribution in [0.1, 0.15) is 38.2 Å². The van der Waals surface area contributed by atoms with E-state index in [1.165, 1.54) is 25.9 Å². The van der Waals surface area contributed by atoms with Gasteiger partial charge in [-0.25, -0.2) is 0 Å². The van der Waals surface area contributed by atoms with Gasteiger partial charge in [-0.15, -0.1) is 0 Å². The van der Waals surface area contributed by atoms with Gasteiger partial charge in [0.05, 0.1) is 13.1 Å². The zero-order chi connectivity index (χ0) is 13.0. The van der Waals surface area contributed by atoms with Crippen molar-refractivity contribution in [2.45, 2.75) is 39.8 Å². The topological polar surface area (TPSA) is 28.4 Å². The van der Waals surface area contributed by atoms with Crippen molar-refractivity contribution >= 4 is 0 Å². The standard InChI is InChI=1S/C15H26N2O/c1-12(2)13-6-8-17(9-7-13)11-15-5-4-14(18-15)10-16-3/h4-5,12-13,16H,6-11H2,1-3H3. The molecule has 0 unspecified atom stereocenters. The predicted octanol–water partition coefficient (Wildman–Crippen LogP) is 2.87. The average Bonchev–Trinajstić information content (AvgIpc) is 2.78. The van der Waals surface area contributed by atoms with Crippen molar-refractivity contribution in [3.63, 3.8) is 0 Å². The Labute approximate surface area is 111 Å². The van der Waals surface area contributed by atoms with E-state index >= 15 is 0 Å². The van der Waals surface area contributed by atoms with E-state index in [9.17, 15) is 0 Å². The maximum absolute atomic E-state index is 5.80. The van der Waals surface area contributed by atoms with E-state index in [4.69, 9.17) is 4.42 Å². The fourth-order valence-electron chi connectivity index (χ4n) is 2.77. The summed E-state index contributed by atoms with van der Waals surface area (Å²) in [5.74, 6) is 3.88. The Bertz CT molecular complexity index is 351. The second-order valence-corrected chi connectivity index (χ2v) is 5.76. The molecule has 1 aromatic heterocycles. The van der Waals surface area contributed by atoms with Crippen molar-refractivity contribution in [2.75, 3.05) is 20.1 Å². The lowest BCUT2D eigenvalue weighted by atomic mass is 9.87. The smallest absolute Gasteiger partial charge is 0.118 e. The minimum atomic E-state index is 0.815. The van der Waals surface area contributed by atoms with Gasteiger partial charge >= 0.3 is 0 Å². The Kier molecular flexibility index (Phi) is 4.84. The van der Waals surface area contributed by atoms with E-state index in [0.717, 1.165) is 36.4 Å². The van der Waals surface area contributed by atoms with Gasteiger partial charge in [0.25, 0.3) is 0 Å². The molecule has 3 nitrogen and oxygen atoms in total. The summed E-state index contributed by atoms with van der Waals surface area (Å²) in [7, 11) is 1.94. The van der Waals surface area contributed by atoms with Crippen molar-refractivity contribution in [1.82, 2.24) is 10.2 Å². The molecule has 0 atom stereocenters. The third kappa shape index (κ3) is 3.59. The first-order chi connectivity index (χ1) is 8.69. The highest BCUT2D eigenvalue weighted by Crippen LogP contribution is 2.25. The Morgan fingerprint density at radius 1 is 1.28 bits per heavy atom. The van der Waals surface area contributed by atoms with Gasteiger partial charge in [-0.3, -0.25) is 4.90 Å². The van der Waals surface area contributed by atoms with Crippen LogP contribution in [0.25, 0.3) is 0 Å². The molecule has 3 heteroatoms. The maximum atomic E-state index is 5.80. The molecule has 1 saturated heterocycles. The third-order valence-corrected chi connectivity index (χ3v) is 4.02. The van der Waals surface area contributed by atoms with Crippen LogP contribution < -0.4 is 5.32 Å². The molecule has 0 aliphatic carbocycles. The van der Waals surface area contributed by atoms with Gasteiger partial charge in [0.15, 0.2) is 0 Å². The Morgan fingerprint density at radius 3 is 2.56 bits per heavy atom. The first kappa shape index (κ1) is 13.6. The molecule has 0 aromatic carbocycles. The lowest BCUT2D eigenvalue weighted by Crippen LogP contribution is -2.34. The van der Waals surface area contributed by atoms with Crippen LogP contribution in [-0.2, 0) is 13.1 Å². The van der Waals surface area contributed by atoms with Gasteiger partial charge in [0.2, 0.25) is 0 Å². The Hall–Kier alpha value is -0.800. The van der Waals surface area contributed by atoms with Gasteiger partial charge in [-0.2, -0.15) is 0 Å². The predicted molar refractivity (Wildman–Crippen MR) is 74.3 cm³/mol. The van der Waals surface area contributed by atoms with Crippen LogP contribution >= 0.6 is 0 Å². The first-order valence-electron chi connectivity index (χ1n) is 7.13. The Balaban J connectivity index is 1.80. The molecule has 2 rings (SSSR count). The molecular weight excluding hydrogens is 224 g/mol. The lowest BCUT2D eigenvalue weighted by molar-refractivity contribution is 0.143. The fourth-order valence-corrected chi connectivity index (χ4v) is 2.77. The zero-order valence-electron chi connectivity index (χ0n) is 11.9. The summed E-state index contributed by atoms with van der Waals surface area (Å²) >= 11 is 0. The highest BCUT2D eigenvalue weighted by Gasteiger charge is 2.21. The summed E-state index contributed by atoms with van der Waals surface area (Å²) in [6, 6.07) is 4.19. The quantitative estimate of drug-likeness (QED) is 0.871. The van der Waals surface area contributed by atoms with Gasteiger partial charge in [0.1, 0.15) is 11.5 Å². The SMILES string of the molecule is CNCc1ccc(CN2CCC(C(C)C)CC2)o1. The molecule has 1 N–H and O–H groups in total. The van der Waals surface area contributed by atoms with E-state index in [-0.39, 0.29) is 0 Å². The Morgan fingerprint density at radius 2 is 1.94 bits per heavy atom. The number of nitrogens with zero attached hydrogens (tertiary/aromatic N) is 1. The van der Waals surface area contributed by atoms with Crippen molar-refractivity contribution in [2.24, 2.45) is 11.8 Å². The van der Waals surface area contributed by atoms with Crippen LogP contribution in [0.3, 0.4) is 0 Å². The number of likely N-dealkylation sites (tertiary alicyclic amines) is 1. The summed E-state index contributed by atoms with van der Waals surface area (Å²) < 4.78 is 5.80. The van der Waals surface area contributed by atoms with Crippen LogP contribution in [0.2, 0.25) is 0 Å². The summed E-state index contributed by atoms with van der Waals surface area (Å²) in [5, 5.41) is 3.11.